The zero-order valence-corrected chi connectivity index (χ0v) is 20.2. The quantitative estimate of drug-likeness (QED) is 0.161. The van der Waals surface area contributed by atoms with Gasteiger partial charge in [0, 0.05) is 6.54 Å². The largest absolute Gasteiger partial charge is 0.388 e. The molecular weight excluding hydrogens is 520 g/mol. The zero-order chi connectivity index (χ0) is 27.2. The highest BCUT2D eigenvalue weighted by molar-refractivity contribution is 7.92. The minimum atomic E-state index is -4.13. The van der Waals surface area contributed by atoms with Crippen molar-refractivity contribution in [3.05, 3.63) is 16.7 Å². The van der Waals surface area contributed by atoms with Gasteiger partial charge in [-0.15, -0.1) is 0 Å². The first-order valence-electron chi connectivity index (χ1n) is 11.2. The fraction of sp³-hybridized carbons (Fsp3) is 0.684. The molecule has 0 aromatic carbocycles. The molecule has 0 spiro atoms. The third kappa shape index (κ3) is 5.46. The van der Waals surface area contributed by atoms with E-state index in [1.54, 1.807) is 0 Å². The average molecular weight is 549 g/mol. The minimum absolute atomic E-state index is 0.00708. The Morgan fingerprint density at radius 2 is 1.78 bits per heavy atom. The van der Waals surface area contributed by atoms with Crippen molar-refractivity contribution in [1.82, 2.24) is 24.8 Å². The number of hydrogen-bond donors (Lipinski definition) is 8. The third-order valence-corrected chi connectivity index (χ3v) is 7.82. The number of carbonyl (C=O) groups excluding carboxylic acids is 1. The molecule has 0 saturated carbocycles. The number of fused-ring (bicyclic) bond motifs is 1. The van der Waals surface area contributed by atoms with Crippen LogP contribution in [-0.2, 0) is 24.1 Å². The van der Waals surface area contributed by atoms with Crippen molar-refractivity contribution in [2.45, 2.75) is 62.0 Å². The van der Waals surface area contributed by atoms with Crippen molar-refractivity contribution >= 4 is 32.9 Å². The molecule has 9 N–H and O–H groups in total. The van der Waals surface area contributed by atoms with Gasteiger partial charge >= 0.3 is 0 Å². The average Bonchev–Trinajstić information content (AvgIpc) is 3.35. The number of anilines is 1. The number of nitrogens with two attached hydrogens (primary N) is 1. The van der Waals surface area contributed by atoms with Crippen LogP contribution in [0.25, 0.3) is 11.2 Å². The second-order valence-electron chi connectivity index (χ2n) is 9.03. The molecule has 18 heteroatoms. The van der Waals surface area contributed by atoms with Gasteiger partial charge in [0.2, 0.25) is 11.9 Å². The highest BCUT2D eigenvalue weighted by Crippen LogP contribution is 2.31. The molecule has 2 aliphatic heterocycles. The Hall–Kier alpha value is -2.71. The molecule has 206 valence electrons. The van der Waals surface area contributed by atoms with Crippen molar-refractivity contribution in [2.75, 3.05) is 23.8 Å². The number of ether oxygens (including phenoxy) is 2. The first-order valence-corrected chi connectivity index (χ1v) is 13.0. The number of rotatable bonds is 7. The highest BCUT2D eigenvalue weighted by Gasteiger charge is 2.45. The van der Waals surface area contributed by atoms with E-state index in [0.717, 1.165) is 0 Å². The van der Waals surface area contributed by atoms with E-state index in [-0.39, 0.29) is 23.7 Å². The molecule has 2 fully saturated rings. The molecule has 0 bridgehead atoms. The Morgan fingerprint density at radius 1 is 1.11 bits per heavy atom. The van der Waals surface area contributed by atoms with Gasteiger partial charge in [0.25, 0.3) is 5.56 Å². The molecule has 2 aromatic heterocycles. The molecule has 0 radical (unpaired) electrons. The number of aliphatic hydroxyl groups is 5. The number of aliphatic hydroxyl groups excluding tert-OH is 5. The Balaban J connectivity index is 1.36. The monoisotopic (exact) mass is 548 g/mol. The molecule has 2 aliphatic rings. The summed E-state index contributed by atoms with van der Waals surface area (Å²) in [7, 11) is -4.13. The summed E-state index contributed by atoms with van der Waals surface area (Å²) in [5, 5.41) is 52.7. The molecular formula is C19H28N6O11S. The summed E-state index contributed by atoms with van der Waals surface area (Å²) in [6, 6.07) is 0. The van der Waals surface area contributed by atoms with E-state index >= 15 is 0 Å². The zero-order valence-electron chi connectivity index (χ0n) is 19.4. The number of aromatic nitrogens is 4. The number of imidazole rings is 1. The number of H-pyrrole nitrogens is 1. The van der Waals surface area contributed by atoms with Gasteiger partial charge in [0.05, 0.1) is 18.2 Å². The molecule has 2 aromatic rings. The summed E-state index contributed by atoms with van der Waals surface area (Å²) in [6.45, 7) is 1.02. The maximum atomic E-state index is 12.5. The van der Waals surface area contributed by atoms with E-state index < -0.39 is 87.9 Å². The van der Waals surface area contributed by atoms with Crippen molar-refractivity contribution < 1.29 is 48.2 Å². The van der Waals surface area contributed by atoms with Crippen LogP contribution in [0, 0.1) is 0 Å². The van der Waals surface area contributed by atoms with Gasteiger partial charge < -0.3 is 46.1 Å². The lowest BCUT2D eigenvalue weighted by molar-refractivity contribution is -0.210. The molecule has 4 rings (SSSR count). The fourth-order valence-electron chi connectivity index (χ4n) is 4.31. The third-order valence-electron chi connectivity index (χ3n) is 6.28. The van der Waals surface area contributed by atoms with Crippen LogP contribution in [-0.4, -0.2) is 126 Å². The summed E-state index contributed by atoms with van der Waals surface area (Å²) in [6.07, 6.45) is -11.2. The lowest BCUT2D eigenvalue weighted by Gasteiger charge is -2.39. The van der Waals surface area contributed by atoms with Crippen LogP contribution in [0.5, 0.6) is 0 Å². The van der Waals surface area contributed by atoms with E-state index in [1.165, 1.54) is 17.8 Å². The van der Waals surface area contributed by atoms with Gasteiger partial charge in [-0.2, -0.15) is 4.98 Å². The normalized spacial score (nSPS) is 34.6. The summed E-state index contributed by atoms with van der Waals surface area (Å²) >= 11 is 0. The summed E-state index contributed by atoms with van der Waals surface area (Å²) in [4.78, 5) is 34.4. The number of nitrogens with zero attached hydrogens (tertiary/aromatic N) is 3. The smallest absolute Gasteiger partial charge is 0.280 e. The van der Waals surface area contributed by atoms with Crippen LogP contribution in [0.15, 0.2) is 11.1 Å². The molecule has 4 heterocycles. The van der Waals surface area contributed by atoms with Gasteiger partial charge in [-0.05, 0) is 6.92 Å². The predicted octanol–water partition coefficient (Wildman–Crippen LogP) is -5.28. The second kappa shape index (κ2) is 10.2. The molecule has 1 amide bonds. The lowest BCUT2D eigenvalue weighted by Crippen LogP contribution is -2.58. The highest BCUT2D eigenvalue weighted by atomic mass is 32.2. The molecule has 5 unspecified atom stereocenters. The van der Waals surface area contributed by atoms with E-state index in [9.17, 15) is 43.5 Å². The number of hydrogen-bond acceptors (Lipinski definition) is 14. The number of nitrogens with one attached hydrogen (secondary N) is 2. The summed E-state index contributed by atoms with van der Waals surface area (Å²) in [5.41, 5.74) is 4.85. The van der Waals surface area contributed by atoms with Crippen molar-refractivity contribution in [3.63, 3.8) is 0 Å². The number of nitrogen functional groups attached to an aromatic ring is 1. The lowest BCUT2D eigenvalue weighted by atomic mass is 9.96. The van der Waals surface area contributed by atoms with Gasteiger partial charge in [0.15, 0.2) is 27.2 Å². The Labute approximate surface area is 208 Å². The molecule has 9 atom stereocenters. The van der Waals surface area contributed by atoms with E-state index in [1.807, 2.05) is 0 Å². The Bertz CT molecular complexity index is 1320. The number of sulfone groups is 1. The maximum Gasteiger partial charge on any atom is 0.280 e. The Morgan fingerprint density at radius 3 is 2.49 bits per heavy atom. The van der Waals surface area contributed by atoms with Crippen LogP contribution in [0.1, 0.15) is 13.2 Å². The van der Waals surface area contributed by atoms with Gasteiger partial charge in [-0.1, -0.05) is 0 Å². The summed E-state index contributed by atoms with van der Waals surface area (Å²) in [5.74, 6) is -2.95. The van der Waals surface area contributed by atoms with E-state index in [2.05, 4.69) is 20.3 Å². The maximum absolute atomic E-state index is 12.5. The van der Waals surface area contributed by atoms with Crippen LogP contribution < -0.4 is 16.6 Å². The predicted molar refractivity (Wildman–Crippen MR) is 123 cm³/mol. The minimum Gasteiger partial charge on any atom is -0.388 e. The first kappa shape index (κ1) is 27.3. The fourth-order valence-corrected chi connectivity index (χ4v) is 5.70. The van der Waals surface area contributed by atoms with E-state index in [4.69, 9.17) is 15.2 Å². The van der Waals surface area contributed by atoms with Crippen LogP contribution in [0.4, 0.5) is 5.95 Å². The Kier molecular flexibility index (Phi) is 7.55. The van der Waals surface area contributed by atoms with Gasteiger partial charge in [0.1, 0.15) is 48.5 Å². The second-order valence-corrected chi connectivity index (χ2v) is 11.1. The van der Waals surface area contributed by atoms with Crippen LogP contribution >= 0.6 is 0 Å². The van der Waals surface area contributed by atoms with Crippen LogP contribution in [0.3, 0.4) is 0 Å². The molecule has 17 nitrogen and oxygen atoms in total. The van der Waals surface area contributed by atoms with Crippen LogP contribution in [0.2, 0.25) is 0 Å². The van der Waals surface area contributed by atoms with Gasteiger partial charge in [-0.3, -0.25) is 19.1 Å². The van der Waals surface area contributed by atoms with Gasteiger partial charge in [-0.25, -0.2) is 13.4 Å². The number of carbonyl (C=O) groups is 1. The molecule has 2 saturated heterocycles. The van der Waals surface area contributed by atoms with Crippen molar-refractivity contribution in [2.24, 2.45) is 0 Å². The number of aromatic amines is 1. The first-order chi connectivity index (χ1) is 17.3. The van der Waals surface area contributed by atoms with E-state index in [0.29, 0.717) is 0 Å². The summed E-state index contributed by atoms with van der Waals surface area (Å²) < 4.78 is 37.0. The molecule has 0 aliphatic carbocycles. The SMILES string of the molecule is CC1O[C@H](CS(=O)(=O)CC(=O)NC[C@H]2O[C@@H](n3cnc4c(=O)[nH]c(N)nc43)C(O)C2O)C(O)C(O)[C@@H]1O. The standard InChI is InChI=1S/C19H28N6O11S/c1-6-11(27)14(30)13(29)8(35-6)3-37(33,34)4-9(26)21-2-7-12(28)15(31)18(36-7)25-5-22-10-16(25)23-19(20)24-17(10)32/h5-8,11-15,18,27-31H,2-4H2,1H3,(H,21,26)(H3,20,23,24,32)/t6?,7-,8-,11-,12?,13?,14?,15?,18-/m1/s1. The number of amides is 1. The van der Waals surface area contributed by atoms with Crippen molar-refractivity contribution in [1.29, 1.82) is 0 Å². The molecule has 37 heavy (non-hydrogen) atoms. The van der Waals surface area contributed by atoms with Crippen molar-refractivity contribution in [3.8, 4) is 0 Å². The topological polar surface area (TPSA) is 272 Å².